The van der Waals surface area contributed by atoms with E-state index in [4.69, 9.17) is 9.84 Å². The van der Waals surface area contributed by atoms with Gasteiger partial charge in [0.05, 0.1) is 17.9 Å². The van der Waals surface area contributed by atoms with E-state index in [0.29, 0.717) is 18.1 Å². The molecule has 0 saturated heterocycles. The van der Waals surface area contributed by atoms with Gasteiger partial charge in [-0.05, 0) is 35.1 Å². The highest BCUT2D eigenvalue weighted by molar-refractivity contribution is 7.11. The van der Waals surface area contributed by atoms with Crippen molar-refractivity contribution < 1.29 is 14.6 Å². The summed E-state index contributed by atoms with van der Waals surface area (Å²) in [7, 11) is 1.67. The summed E-state index contributed by atoms with van der Waals surface area (Å²) in [4.78, 5) is 20.7. The molecule has 5 nitrogen and oxygen atoms in total. The van der Waals surface area contributed by atoms with Crippen molar-refractivity contribution in [2.24, 2.45) is 0 Å². The Morgan fingerprint density at radius 2 is 2.23 bits per heavy atom. The minimum absolute atomic E-state index is 0.0243. The van der Waals surface area contributed by atoms with Crippen molar-refractivity contribution in [1.29, 1.82) is 0 Å². The van der Waals surface area contributed by atoms with Crippen LogP contribution in [-0.2, 0) is 11.3 Å². The Morgan fingerprint density at radius 1 is 1.45 bits per heavy atom. The largest absolute Gasteiger partial charge is 0.478 e. The number of thiophene rings is 1. The van der Waals surface area contributed by atoms with Crippen molar-refractivity contribution in [2.45, 2.75) is 26.4 Å². The maximum Gasteiger partial charge on any atom is 0.339 e. The summed E-state index contributed by atoms with van der Waals surface area (Å²) in [5, 5.41) is 11.2. The van der Waals surface area contributed by atoms with E-state index in [1.807, 2.05) is 31.4 Å². The minimum Gasteiger partial charge on any atom is -0.478 e. The standard InChI is InChI=1S/C16H18N2O3S/c1-10(2)15-13(16(19)20)7-17-14(18-15)5-4-12-6-11(8-21-3)9-22-12/h4-7,9-10H,8H2,1-3H3,(H,19,20). The molecule has 1 N–H and O–H groups in total. The van der Waals surface area contributed by atoms with Gasteiger partial charge in [0.2, 0.25) is 0 Å². The van der Waals surface area contributed by atoms with Gasteiger partial charge in [-0.2, -0.15) is 0 Å². The molecule has 2 rings (SSSR count). The molecule has 0 aliphatic carbocycles. The van der Waals surface area contributed by atoms with Crippen LogP contribution in [0.3, 0.4) is 0 Å². The van der Waals surface area contributed by atoms with Gasteiger partial charge in [-0.1, -0.05) is 13.8 Å². The van der Waals surface area contributed by atoms with E-state index in [0.717, 1.165) is 10.4 Å². The molecule has 0 saturated carbocycles. The van der Waals surface area contributed by atoms with Gasteiger partial charge < -0.3 is 9.84 Å². The number of nitrogens with zero attached hydrogens (tertiary/aromatic N) is 2. The summed E-state index contributed by atoms with van der Waals surface area (Å²) < 4.78 is 5.08. The molecule has 2 heterocycles. The van der Waals surface area contributed by atoms with Crippen LogP contribution in [0.25, 0.3) is 12.2 Å². The minimum atomic E-state index is -0.998. The third-order valence-corrected chi connectivity index (χ3v) is 3.94. The molecule has 2 aromatic rings. The highest BCUT2D eigenvalue weighted by Crippen LogP contribution is 2.20. The Hall–Kier alpha value is -2.05. The van der Waals surface area contributed by atoms with Gasteiger partial charge in [-0.25, -0.2) is 14.8 Å². The van der Waals surface area contributed by atoms with Gasteiger partial charge in [0, 0.05) is 18.2 Å². The lowest BCUT2D eigenvalue weighted by molar-refractivity contribution is 0.0694. The molecule has 0 radical (unpaired) electrons. The predicted molar refractivity (Wildman–Crippen MR) is 87.0 cm³/mol. The van der Waals surface area contributed by atoms with Crippen LogP contribution >= 0.6 is 11.3 Å². The van der Waals surface area contributed by atoms with Crippen LogP contribution in [0, 0.1) is 0 Å². The monoisotopic (exact) mass is 318 g/mol. The number of methoxy groups -OCH3 is 1. The number of carboxylic acid groups (broad SMARTS) is 1. The van der Waals surface area contributed by atoms with Gasteiger partial charge in [0.15, 0.2) is 5.82 Å². The number of aromatic carboxylic acids is 1. The van der Waals surface area contributed by atoms with Gasteiger partial charge in [0.25, 0.3) is 0 Å². The van der Waals surface area contributed by atoms with E-state index in [2.05, 4.69) is 9.97 Å². The lowest BCUT2D eigenvalue weighted by Crippen LogP contribution is -2.08. The van der Waals surface area contributed by atoms with Crippen LogP contribution in [0.5, 0.6) is 0 Å². The first-order valence-corrected chi connectivity index (χ1v) is 7.74. The normalized spacial score (nSPS) is 11.5. The summed E-state index contributed by atoms with van der Waals surface area (Å²) in [5.41, 5.74) is 1.83. The number of hydrogen-bond acceptors (Lipinski definition) is 5. The molecule has 22 heavy (non-hydrogen) atoms. The molecule has 0 amide bonds. The van der Waals surface area contributed by atoms with Crippen molar-refractivity contribution in [3.63, 3.8) is 0 Å². The number of carboxylic acids is 1. The lowest BCUT2D eigenvalue weighted by Gasteiger charge is -2.08. The second-order valence-corrected chi connectivity index (χ2v) is 6.05. The van der Waals surface area contributed by atoms with Crippen LogP contribution in [-0.4, -0.2) is 28.2 Å². The molecule has 0 aliphatic rings. The average molecular weight is 318 g/mol. The van der Waals surface area contributed by atoms with Crippen molar-refractivity contribution in [1.82, 2.24) is 9.97 Å². The molecule has 0 spiro atoms. The Morgan fingerprint density at radius 3 is 2.86 bits per heavy atom. The fraction of sp³-hybridized carbons (Fsp3) is 0.312. The summed E-state index contributed by atoms with van der Waals surface area (Å²) >= 11 is 1.61. The molecule has 0 fully saturated rings. The zero-order chi connectivity index (χ0) is 16.1. The Kier molecular flexibility index (Phi) is 5.41. The first-order valence-electron chi connectivity index (χ1n) is 6.86. The van der Waals surface area contributed by atoms with Crippen LogP contribution in [0.15, 0.2) is 17.6 Å². The zero-order valence-electron chi connectivity index (χ0n) is 12.7. The molecule has 2 aromatic heterocycles. The third kappa shape index (κ3) is 3.99. The highest BCUT2D eigenvalue weighted by Gasteiger charge is 2.15. The van der Waals surface area contributed by atoms with E-state index in [1.54, 1.807) is 24.5 Å². The van der Waals surface area contributed by atoms with E-state index < -0.39 is 5.97 Å². The Balaban J connectivity index is 2.23. The van der Waals surface area contributed by atoms with Crippen LogP contribution in [0.1, 0.15) is 52.1 Å². The average Bonchev–Trinajstić information content (AvgIpc) is 2.92. The maximum atomic E-state index is 11.2. The number of rotatable bonds is 6. The fourth-order valence-corrected chi connectivity index (χ4v) is 2.76. The highest BCUT2D eigenvalue weighted by atomic mass is 32.1. The van der Waals surface area contributed by atoms with Gasteiger partial charge in [-0.3, -0.25) is 0 Å². The predicted octanol–water partition coefficient (Wildman–Crippen LogP) is 3.68. The number of hydrogen-bond donors (Lipinski definition) is 1. The Labute approximate surface area is 133 Å². The molecular weight excluding hydrogens is 300 g/mol. The SMILES string of the molecule is COCc1csc(C=Cc2ncc(C(=O)O)c(C(C)C)n2)c1. The summed E-state index contributed by atoms with van der Waals surface area (Å²) in [6, 6.07) is 2.04. The van der Waals surface area contributed by atoms with Crippen molar-refractivity contribution in [3.05, 3.63) is 45.2 Å². The number of aromatic nitrogens is 2. The van der Waals surface area contributed by atoms with Gasteiger partial charge >= 0.3 is 5.97 Å². The molecule has 0 atom stereocenters. The zero-order valence-corrected chi connectivity index (χ0v) is 13.6. The van der Waals surface area contributed by atoms with E-state index in [9.17, 15) is 4.79 Å². The van der Waals surface area contributed by atoms with Crippen LogP contribution in [0.2, 0.25) is 0 Å². The van der Waals surface area contributed by atoms with E-state index in [1.165, 1.54) is 6.20 Å². The second kappa shape index (κ2) is 7.29. The quantitative estimate of drug-likeness (QED) is 0.879. The van der Waals surface area contributed by atoms with Crippen LogP contribution in [0.4, 0.5) is 0 Å². The Bertz CT molecular complexity index is 692. The smallest absolute Gasteiger partial charge is 0.339 e. The van der Waals surface area contributed by atoms with Crippen molar-refractivity contribution in [3.8, 4) is 0 Å². The number of ether oxygens (including phenoxy) is 1. The molecule has 0 aliphatic heterocycles. The van der Waals surface area contributed by atoms with Crippen molar-refractivity contribution >= 4 is 29.5 Å². The van der Waals surface area contributed by atoms with Crippen LogP contribution < -0.4 is 0 Å². The van der Waals surface area contributed by atoms with E-state index in [-0.39, 0.29) is 11.5 Å². The molecule has 0 aromatic carbocycles. The first-order chi connectivity index (χ1) is 10.5. The molecular formula is C16H18N2O3S. The van der Waals surface area contributed by atoms with Gasteiger partial charge in [0.1, 0.15) is 0 Å². The van der Waals surface area contributed by atoms with Crippen molar-refractivity contribution in [2.75, 3.05) is 7.11 Å². The third-order valence-electron chi connectivity index (χ3n) is 3.00. The maximum absolute atomic E-state index is 11.2. The first kappa shape index (κ1) is 16.3. The number of carbonyl (C=O) groups is 1. The topological polar surface area (TPSA) is 72.3 Å². The summed E-state index contributed by atoms with van der Waals surface area (Å²) in [5.74, 6) is -0.464. The summed E-state index contributed by atoms with van der Waals surface area (Å²) in [6.45, 7) is 4.42. The van der Waals surface area contributed by atoms with Gasteiger partial charge in [-0.15, -0.1) is 11.3 Å². The lowest BCUT2D eigenvalue weighted by atomic mass is 10.1. The molecule has 0 bridgehead atoms. The van der Waals surface area contributed by atoms with E-state index >= 15 is 0 Å². The summed E-state index contributed by atoms with van der Waals surface area (Å²) in [6.07, 6.45) is 5.08. The fourth-order valence-electron chi connectivity index (χ4n) is 1.98. The molecule has 116 valence electrons. The molecule has 0 unspecified atom stereocenters. The molecule has 6 heteroatoms. The second-order valence-electron chi connectivity index (χ2n) is 5.11.